The van der Waals surface area contributed by atoms with Gasteiger partial charge in [0.2, 0.25) is 0 Å². The largest absolute Gasteiger partial charge is 0.416 e. The first-order valence-electron chi connectivity index (χ1n) is 6.18. The van der Waals surface area contributed by atoms with E-state index in [2.05, 4.69) is 0 Å². The summed E-state index contributed by atoms with van der Waals surface area (Å²) in [6, 6.07) is 3.83. The van der Waals surface area contributed by atoms with Crippen molar-refractivity contribution in [2.24, 2.45) is 5.73 Å². The Morgan fingerprint density at radius 1 is 1.37 bits per heavy atom. The maximum atomic E-state index is 12.6. The first-order chi connectivity index (χ1) is 8.79. The molecule has 1 aliphatic rings. The van der Waals surface area contributed by atoms with E-state index in [0.717, 1.165) is 25.0 Å². The SMILES string of the molecule is CC1CC(N)CCN1c1ccc(C(F)(F)F)cc1Cl. The van der Waals surface area contributed by atoms with Crippen molar-refractivity contribution in [2.75, 3.05) is 11.4 Å². The number of anilines is 1. The van der Waals surface area contributed by atoms with Gasteiger partial charge in [0.25, 0.3) is 0 Å². The van der Waals surface area contributed by atoms with Gasteiger partial charge in [0.15, 0.2) is 0 Å². The first-order valence-corrected chi connectivity index (χ1v) is 6.56. The molecule has 2 N–H and O–H groups in total. The summed E-state index contributed by atoms with van der Waals surface area (Å²) in [7, 11) is 0. The van der Waals surface area contributed by atoms with Crippen molar-refractivity contribution in [3.63, 3.8) is 0 Å². The second-order valence-electron chi connectivity index (χ2n) is 4.99. The Morgan fingerprint density at radius 3 is 2.58 bits per heavy atom. The molecule has 2 rings (SSSR count). The highest BCUT2D eigenvalue weighted by Gasteiger charge is 2.32. The van der Waals surface area contributed by atoms with Gasteiger partial charge in [0, 0.05) is 18.6 Å². The van der Waals surface area contributed by atoms with E-state index < -0.39 is 11.7 Å². The molecule has 6 heteroatoms. The van der Waals surface area contributed by atoms with Crippen molar-refractivity contribution in [1.29, 1.82) is 0 Å². The van der Waals surface area contributed by atoms with Crippen LogP contribution in [0.3, 0.4) is 0 Å². The molecule has 19 heavy (non-hydrogen) atoms. The lowest BCUT2D eigenvalue weighted by molar-refractivity contribution is -0.137. The van der Waals surface area contributed by atoms with Crippen molar-refractivity contribution in [1.82, 2.24) is 0 Å². The van der Waals surface area contributed by atoms with Crippen LogP contribution >= 0.6 is 11.6 Å². The van der Waals surface area contributed by atoms with Gasteiger partial charge in [-0.2, -0.15) is 13.2 Å². The van der Waals surface area contributed by atoms with Gasteiger partial charge in [0.05, 0.1) is 16.3 Å². The van der Waals surface area contributed by atoms with Crippen LogP contribution in [-0.2, 0) is 6.18 Å². The van der Waals surface area contributed by atoms with Gasteiger partial charge in [-0.1, -0.05) is 11.6 Å². The topological polar surface area (TPSA) is 29.3 Å². The molecule has 0 bridgehead atoms. The van der Waals surface area contributed by atoms with Crippen molar-refractivity contribution in [2.45, 2.75) is 38.0 Å². The molecule has 1 fully saturated rings. The number of benzene rings is 1. The number of rotatable bonds is 1. The number of hydrogen-bond acceptors (Lipinski definition) is 2. The molecular formula is C13H16ClF3N2. The fraction of sp³-hybridized carbons (Fsp3) is 0.538. The second-order valence-corrected chi connectivity index (χ2v) is 5.40. The number of nitrogens with two attached hydrogens (primary N) is 1. The van der Waals surface area contributed by atoms with Crippen molar-refractivity contribution in [3.05, 3.63) is 28.8 Å². The van der Waals surface area contributed by atoms with Crippen LogP contribution in [0.4, 0.5) is 18.9 Å². The zero-order valence-electron chi connectivity index (χ0n) is 10.5. The summed E-state index contributed by atoms with van der Waals surface area (Å²) >= 11 is 6.00. The van der Waals surface area contributed by atoms with Crippen LogP contribution in [0.15, 0.2) is 18.2 Å². The molecule has 2 atom stereocenters. The summed E-state index contributed by atoms with van der Waals surface area (Å²) in [6.45, 7) is 2.72. The summed E-state index contributed by atoms with van der Waals surface area (Å²) in [5, 5.41) is 0.136. The Kier molecular flexibility index (Phi) is 3.97. The molecule has 1 saturated heterocycles. The van der Waals surface area contributed by atoms with E-state index in [0.29, 0.717) is 12.2 Å². The Hall–Kier alpha value is -0.940. The highest BCUT2D eigenvalue weighted by molar-refractivity contribution is 6.33. The van der Waals surface area contributed by atoms with Crippen molar-refractivity contribution >= 4 is 17.3 Å². The predicted octanol–water partition coefficient (Wildman–Crippen LogP) is 3.67. The first kappa shape index (κ1) is 14.5. The number of nitrogens with zero attached hydrogens (tertiary/aromatic N) is 1. The fourth-order valence-electron chi connectivity index (χ4n) is 2.48. The normalized spacial score (nSPS) is 24.6. The number of hydrogen-bond donors (Lipinski definition) is 1. The lowest BCUT2D eigenvalue weighted by Crippen LogP contribution is -2.45. The quantitative estimate of drug-likeness (QED) is 0.855. The van der Waals surface area contributed by atoms with Gasteiger partial charge in [-0.05, 0) is 38.0 Å². The summed E-state index contributed by atoms with van der Waals surface area (Å²) < 4.78 is 37.7. The minimum atomic E-state index is -4.36. The predicted molar refractivity (Wildman–Crippen MR) is 70.5 cm³/mol. The zero-order chi connectivity index (χ0) is 14.2. The van der Waals surface area contributed by atoms with Gasteiger partial charge in [-0.25, -0.2) is 0 Å². The molecule has 106 valence electrons. The van der Waals surface area contributed by atoms with Crippen LogP contribution in [0.5, 0.6) is 0 Å². The Labute approximate surface area is 115 Å². The zero-order valence-corrected chi connectivity index (χ0v) is 11.3. The van der Waals surface area contributed by atoms with E-state index in [1.807, 2.05) is 11.8 Å². The van der Waals surface area contributed by atoms with E-state index in [-0.39, 0.29) is 17.1 Å². The molecule has 1 aliphatic heterocycles. The molecule has 0 aromatic heterocycles. The molecule has 1 aromatic carbocycles. The number of halogens is 4. The average molecular weight is 293 g/mol. The third-order valence-corrected chi connectivity index (χ3v) is 3.80. The van der Waals surface area contributed by atoms with Gasteiger partial charge in [-0.15, -0.1) is 0 Å². The molecule has 0 radical (unpaired) electrons. The van der Waals surface area contributed by atoms with E-state index in [9.17, 15) is 13.2 Å². The Bertz CT molecular complexity index is 462. The molecule has 0 spiro atoms. The van der Waals surface area contributed by atoms with E-state index in [4.69, 9.17) is 17.3 Å². The van der Waals surface area contributed by atoms with Gasteiger partial charge >= 0.3 is 6.18 Å². The smallest absolute Gasteiger partial charge is 0.368 e. The van der Waals surface area contributed by atoms with E-state index >= 15 is 0 Å². The third-order valence-electron chi connectivity index (χ3n) is 3.50. The molecule has 0 aliphatic carbocycles. The van der Waals surface area contributed by atoms with E-state index in [1.165, 1.54) is 6.07 Å². The van der Waals surface area contributed by atoms with Crippen LogP contribution < -0.4 is 10.6 Å². The molecule has 0 amide bonds. The average Bonchev–Trinajstić information content (AvgIpc) is 2.28. The molecule has 1 aromatic rings. The van der Waals surface area contributed by atoms with Crippen molar-refractivity contribution < 1.29 is 13.2 Å². The monoisotopic (exact) mass is 292 g/mol. The van der Waals surface area contributed by atoms with Crippen LogP contribution in [0.25, 0.3) is 0 Å². The summed E-state index contributed by atoms with van der Waals surface area (Å²) in [5.74, 6) is 0. The lowest BCUT2D eigenvalue weighted by Gasteiger charge is -2.38. The van der Waals surface area contributed by atoms with Gasteiger partial charge < -0.3 is 10.6 Å². The summed E-state index contributed by atoms with van der Waals surface area (Å²) in [6.07, 6.45) is -2.73. The van der Waals surface area contributed by atoms with Gasteiger partial charge in [0.1, 0.15) is 0 Å². The Morgan fingerprint density at radius 2 is 2.05 bits per heavy atom. The number of piperidine rings is 1. The third kappa shape index (κ3) is 3.15. The maximum absolute atomic E-state index is 12.6. The standard InChI is InChI=1S/C13H16ClF3N2/c1-8-6-10(18)4-5-19(8)12-3-2-9(7-11(12)14)13(15,16)17/h2-3,7-8,10H,4-6,18H2,1H3. The van der Waals surface area contributed by atoms with Crippen LogP contribution in [0.2, 0.25) is 5.02 Å². The number of alkyl halides is 3. The van der Waals surface area contributed by atoms with Crippen molar-refractivity contribution in [3.8, 4) is 0 Å². The fourth-order valence-corrected chi connectivity index (χ4v) is 2.77. The minimum Gasteiger partial charge on any atom is -0.368 e. The molecule has 2 unspecified atom stereocenters. The lowest BCUT2D eigenvalue weighted by atomic mass is 9.98. The summed E-state index contributed by atoms with van der Waals surface area (Å²) in [5.41, 5.74) is 5.80. The minimum absolute atomic E-state index is 0.136. The molecule has 0 saturated carbocycles. The summed E-state index contributed by atoms with van der Waals surface area (Å²) in [4.78, 5) is 2.02. The highest BCUT2D eigenvalue weighted by atomic mass is 35.5. The van der Waals surface area contributed by atoms with Gasteiger partial charge in [-0.3, -0.25) is 0 Å². The second kappa shape index (κ2) is 5.21. The highest BCUT2D eigenvalue weighted by Crippen LogP contribution is 2.36. The molecule has 1 heterocycles. The Balaban J connectivity index is 2.26. The van der Waals surface area contributed by atoms with Crippen LogP contribution in [0, 0.1) is 0 Å². The van der Waals surface area contributed by atoms with Crippen LogP contribution in [-0.4, -0.2) is 18.6 Å². The molecule has 2 nitrogen and oxygen atoms in total. The molecular weight excluding hydrogens is 277 g/mol. The van der Waals surface area contributed by atoms with E-state index in [1.54, 1.807) is 0 Å². The maximum Gasteiger partial charge on any atom is 0.416 e. The van der Waals surface area contributed by atoms with Crippen LogP contribution in [0.1, 0.15) is 25.3 Å².